The fourth-order valence-corrected chi connectivity index (χ4v) is 3.86. The average molecular weight is 350 g/mol. The van der Waals surface area contributed by atoms with Crippen molar-refractivity contribution in [2.75, 3.05) is 0 Å². The van der Waals surface area contributed by atoms with Gasteiger partial charge in [-0.2, -0.15) is 5.10 Å². The van der Waals surface area contributed by atoms with Gasteiger partial charge < -0.3 is 9.84 Å². The lowest BCUT2D eigenvalue weighted by molar-refractivity contribution is 0.329. The summed E-state index contributed by atoms with van der Waals surface area (Å²) in [5, 5.41) is 12.2. The molecule has 4 rings (SSSR count). The Morgan fingerprint density at radius 2 is 2.04 bits per heavy atom. The van der Waals surface area contributed by atoms with Gasteiger partial charge in [-0.1, -0.05) is 29.3 Å². The SMILES string of the molecule is Cc1ccc(-n2cc(CN[C@@H]3CCC[C@H]3Cc3cc(C)no3)cn2)cc1. The van der Waals surface area contributed by atoms with Gasteiger partial charge in [0.25, 0.3) is 0 Å². The van der Waals surface area contributed by atoms with E-state index in [4.69, 9.17) is 4.52 Å². The molecule has 1 fully saturated rings. The first-order valence-electron chi connectivity index (χ1n) is 9.43. The van der Waals surface area contributed by atoms with E-state index in [0.717, 1.165) is 30.1 Å². The molecule has 0 unspecified atom stereocenters. The van der Waals surface area contributed by atoms with Gasteiger partial charge in [0.2, 0.25) is 0 Å². The first-order chi connectivity index (χ1) is 12.7. The van der Waals surface area contributed by atoms with Crippen molar-refractivity contribution >= 4 is 0 Å². The molecule has 5 nitrogen and oxygen atoms in total. The van der Waals surface area contributed by atoms with Crippen molar-refractivity contribution in [2.24, 2.45) is 5.92 Å². The molecular formula is C21H26N4O. The van der Waals surface area contributed by atoms with E-state index >= 15 is 0 Å². The third-order valence-electron chi connectivity index (χ3n) is 5.30. The molecule has 5 heteroatoms. The van der Waals surface area contributed by atoms with Crippen LogP contribution in [0.25, 0.3) is 5.69 Å². The number of nitrogens with zero attached hydrogens (tertiary/aromatic N) is 3. The summed E-state index contributed by atoms with van der Waals surface area (Å²) in [6.45, 7) is 4.92. The molecule has 3 aromatic rings. The number of aromatic nitrogens is 3. The third-order valence-corrected chi connectivity index (χ3v) is 5.30. The molecule has 26 heavy (non-hydrogen) atoms. The molecule has 2 atom stereocenters. The molecule has 2 heterocycles. The minimum Gasteiger partial charge on any atom is -0.361 e. The number of hydrogen-bond donors (Lipinski definition) is 1. The van der Waals surface area contributed by atoms with Crippen LogP contribution in [0.4, 0.5) is 0 Å². The van der Waals surface area contributed by atoms with Crippen molar-refractivity contribution in [2.45, 2.75) is 52.1 Å². The number of hydrogen-bond acceptors (Lipinski definition) is 4. The Bertz CT molecular complexity index is 849. The number of rotatable bonds is 6. The van der Waals surface area contributed by atoms with Crippen molar-refractivity contribution < 1.29 is 4.52 Å². The first-order valence-corrected chi connectivity index (χ1v) is 9.43. The highest BCUT2D eigenvalue weighted by Gasteiger charge is 2.28. The van der Waals surface area contributed by atoms with Gasteiger partial charge in [-0.25, -0.2) is 4.68 Å². The lowest BCUT2D eigenvalue weighted by atomic mass is 9.98. The highest BCUT2D eigenvalue weighted by Crippen LogP contribution is 2.29. The number of benzene rings is 1. The van der Waals surface area contributed by atoms with Gasteiger partial charge in [0.15, 0.2) is 0 Å². The van der Waals surface area contributed by atoms with Crippen LogP contribution in [0.15, 0.2) is 47.2 Å². The van der Waals surface area contributed by atoms with Crippen molar-refractivity contribution in [3.63, 3.8) is 0 Å². The maximum Gasteiger partial charge on any atom is 0.137 e. The van der Waals surface area contributed by atoms with Crippen LogP contribution in [0.5, 0.6) is 0 Å². The van der Waals surface area contributed by atoms with Gasteiger partial charge in [-0.3, -0.25) is 0 Å². The summed E-state index contributed by atoms with van der Waals surface area (Å²) in [7, 11) is 0. The van der Waals surface area contributed by atoms with E-state index in [0.29, 0.717) is 12.0 Å². The summed E-state index contributed by atoms with van der Waals surface area (Å²) in [6, 6.07) is 11.0. The lowest BCUT2D eigenvalue weighted by Gasteiger charge is -2.19. The van der Waals surface area contributed by atoms with E-state index < -0.39 is 0 Å². The Morgan fingerprint density at radius 1 is 1.19 bits per heavy atom. The van der Waals surface area contributed by atoms with Crippen LogP contribution in [-0.4, -0.2) is 21.0 Å². The second-order valence-electron chi connectivity index (χ2n) is 7.45. The predicted molar refractivity (Wildman–Crippen MR) is 101 cm³/mol. The Labute approximate surface area is 154 Å². The zero-order chi connectivity index (χ0) is 17.9. The summed E-state index contributed by atoms with van der Waals surface area (Å²) in [5.74, 6) is 1.63. The zero-order valence-corrected chi connectivity index (χ0v) is 15.5. The monoisotopic (exact) mass is 350 g/mol. The van der Waals surface area contributed by atoms with Crippen LogP contribution in [0.3, 0.4) is 0 Å². The molecule has 1 aliphatic rings. The van der Waals surface area contributed by atoms with E-state index in [1.807, 2.05) is 17.8 Å². The molecule has 1 aliphatic carbocycles. The van der Waals surface area contributed by atoms with Crippen LogP contribution in [-0.2, 0) is 13.0 Å². The van der Waals surface area contributed by atoms with Crippen molar-refractivity contribution in [1.82, 2.24) is 20.3 Å². The summed E-state index contributed by atoms with van der Waals surface area (Å²) in [6.07, 6.45) is 8.79. The number of aryl methyl sites for hydroxylation is 2. The lowest BCUT2D eigenvalue weighted by Crippen LogP contribution is -2.32. The van der Waals surface area contributed by atoms with E-state index in [1.165, 1.54) is 30.4 Å². The van der Waals surface area contributed by atoms with Gasteiger partial charge in [0.1, 0.15) is 5.76 Å². The molecule has 2 aromatic heterocycles. The normalized spacial score (nSPS) is 19.9. The summed E-state index contributed by atoms with van der Waals surface area (Å²) in [5.41, 5.74) is 4.54. The highest BCUT2D eigenvalue weighted by molar-refractivity contribution is 5.34. The van der Waals surface area contributed by atoms with Gasteiger partial charge in [0, 0.05) is 36.8 Å². The first kappa shape index (κ1) is 17.0. The van der Waals surface area contributed by atoms with Crippen LogP contribution >= 0.6 is 0 Å². The second kappa shape index (κ2) is 7.46. The number of nitrogens with one attached hydrogen (secondary N) is 1. The summed E-state index contributed by atoms with van der Waals surface area (Å²) >= 11 is 0. The maximum absolute atomic E-state index is 5.41. The smallest absolute Gasteiger partial charge is 0.137 e. The molecule has 1 aromatic carbocycles. The van der Waals surface area contributed by atoms with E-state index in [1.54, 1.807) is 0 Å². The summed E-state index contributed by atoms with van der Waals surface area (Å²) in [4.78, 5) is 0. The quantitative estimate of drug-likeness (QED) is 0.731. The fraction of sp³-hybridized carbons (Fsp3) is 0.429. The molecule has 0 aliphatic heterocycles. The van der Waals surface area contributed by atoms with Crippen molar-refractivity contribution in [3.05, 3.63) is 65.3 Å². The largest absolute Gasteiger partial charge is 0.361 e. The van der Waals surface area contributed by atoms with Gasteiger partial charge in [0.05, 0.1) is 17.6 Å². The van der Waals surface area contributed by atoms with Crippen LogP contribution in [0, 0.1) is 19.8 Å². The topological polar surface area (TPSA) is 55.9 Å². The molecule has 1 N–H and O–H groups in total. The third kappa shape index (κ3) is 3.88. The zero-order valence-electron chi connectivity index (χ0n) is 15.5. The Hall–Kier alpha value is -2.40. The van der Waals surface area contributed by atoms with Crippen LogP contribution in [0.1, 0.15) is 41.8 Å². The van der Waals surface area contributed by atoms with E-state index in [2.05, 4.69) is 59.0 Å². The molecule has 0 bridgehead atoms. The average Bonchev–Trinajstić information content (AvgIpc) is 3.36. The van der Waals surface area contributed by atoms with Crippen LogP contribution < -0.4 is 5.32 Å². The standard InChI is InChI=1S/C21H26N4O/c1-15-6-8-19(9-7-15)25-14-17(13-23-25)12-22-21-5-3-4-18(21)11-20-10-16(2)24-26-20/h6-10,13-14,18,21-22H,3-5,11-12H2,1-2H3/t18-,21+/m0/s1. The summed E-state index contributed by atoms with van der Waals surface area (Å²) < 4.78 is 7.35. The minimum absolute atomic E-state index is 0.531. The van der Waals surface area contributed by atoms with E-state index in [-0.39, 0.29) is 0 Å². The molecule has 0 spiro atoms. The second-order valence-corrected chi connectivity index (χ2v) is 7.45. The minimum atomic E-state index is 0.531. The van der Waals surface area contributed by atoms with Crippen LogP contribution in [0.2, 0.25) is 0 Å². The molecule has 136 valence electrons. The molecular weight excluding hydrogens is 324 g/mol. The van der Waals surface area contributed by atoms with Crippen molar-refractivity contribution in [1.29, 1.82) is 0 Å². The van der Waals surface area contributed by atoms with Gasteiger partial charge in [-0.15, -0.1) is 0 Å². The molecule has 0 saturated heterocycles. The highest BCUT2D eigenvalue weighted by atomic mass is 16.5. The Kier molecular flexibility index (Phi) is 4.89. The van der Waals surface area contributed by atoms with Crippen molar-refractivity contribution in [3.8, 4) is 5.69 Å². The predicted octanol–water partition coefficient (Wildman–Crippen LogP) is 3.98. The van der Waals surface area contributed by atoms with E-state index in [9.17, 15) is 0 Å². The Balaban J connectivity index is 1.35. The molecule has 0 amide bonds. The fourth-order valence-electron chi connectivity index (χ4n) is 3.86. The van der Waals surface area contributed by atoms with Gasteiger partial charge in [-0.05, 0) is 44.7 Å². The maximum atomic E-state index is 5.41. The van der Waals surface area contributed by atoms with Gasteiger partial charge >= 0.3 is 0 Å². The Morgan fingerprint density at radius 3 is 2.81 bits per heavy atom. The molecule has 1 saturated carbocycles. The molecule has 0 radical (unpaired) electrons.